The first-order chi connectivity index (χ1) is 13.7. The lowest BCUT2D eigenvalue weighted by atomic mass is 10.1. The molecule has 0 aliphatic rings. The summed E-state index contributed by atoms with van der Waals surface area (Å²) in [6.45, 7) is 5.92. The molecule has 28 heavy (non-hydrogen) atoms. The minimum absolute atomic E-state index is 0.208. The number of guanidine groups is 1. The van der Waals surface area contributed by atoms with E-state index >= 15 is 0 Å². The number of nitrogens with one attached hydrogen (secondary N) is 2. The molecule has 3 rings (SSSR count). The van der Waals surface area contributed by atoms with Crippen molar-refractivity contribution >= 4 is 5.96 Å². The Labute approximate surface area is 164 Å². The highest BCUT2D eigenvalue weighted by Crippen LogP contribution is 2.09. The zero-order valence-corrected chi connectivity index (χ0v) is 16.2. The lowest BCUT2D eigenvalue weighted by Crippen LogP contribution is -2.38. The molecule has 0 bridgehead atoms. The van der Waals surface area contributed by atoms with E-state index in [1.165, 1.54) is 6.07 Å². The smallest absolute Gasteiger partial charge is 0.191 e. The molecular weight excluding hydrogens is 355 g/mol. The van der Waals surface area contributed by atoms with E-state index in [2.05, 4.69) is 25.6 Å². The summed E-state index contributed by atoms with van der Waals surface area (Å²) >= 11 is 0. The van der Waals surface area contributed by atoms with Gasteiger partial charge < -0.3 is 10.6 Å². The fourth-order valence-electron chi connectivity index (χ4n) is 2.80. The number of rotatable bonds is 7. The van der Waals surface area contributed by atoms with Crippen LogP contribution in [-0.4, -0.2) is 33.6 Å². The van der Waals surface area contributed by atoms with Crippen molar-refractivity contribution < 1.29 is 4.39 Å². The Morgan fingerprint density at radius 2 is 2.04 bits per heavy atom. The molecule has 0 aliphatic heterocycles. The van der Waals surface area contributed by atoms with E-state index in [4.69, 9.17) is 0 Å². The number of benzene rings is 1. The Balaban J connectivity index is 1.57. The Morgan fingerprint density at radius 3 is 2.71 bits per heavy atom. The van der Waals surface area contributed by atoms with E-state index in [-0.39, 0.29) is 5.82 Å². The summed E-state index contributed by atoms with van der Waals surface area (Å²) < 4.78 is 15.2. The number of imidazole rings is 1. The summed E-state index contributed by atoms with van der Waals surface area (Å²) in [5.41, 5.74) is 1.97. The lowest BCUT2D eigenvalue weighted by molar-refractivity contribution is 0.625. The van der Waals surface area contributed by atoms with Crippen LogP contribution in [0.5, 0.6) is 0 Å². The fourth-order valence-corrected chi connectivity index (χ4v) is 2.80. The summed E-state index contributed by atoms with van der Waals surface area (Å²) in [7, 11) is 0. The largest absolute Gasteiger partial charge is 0.357 e. The highest BCUT2D eigenvalue weighted by molar-refractivity contribution is 5.79. The first-order valence-electron chi connectivity index (χ1n) is 9.37. The van der Waals surface area contributed by atoms with Gasteiger partial charge >= 0.3 is 0 Å². The molecule has 0 saturated heterocycles. The molecule has 0 aliphatic carbocycles. The quantitative estimate of drug-likeness (QED) is 0.488. The third-order valence-corrected chi connectivity index (χ3v) is 4.24. The summed E-state index contributed by atoms with van der Waals surface area (Å²) in [5, 5.41) is 6.51. The topological polar surface area (TPSA) is 67.1 Å². The van der Waals surface area contributed by atoms with Gasteiger partial charge in [-0.3, -0.25) is 4.57 Å². The Kier molecular flexibility index (Phi) is 6.73. The van der Waals surface area contributed by atoms with Gasteiger partial charge in [-0.05, 0) is 49.6 Å². The molecular formula is C21H25FN6. The van der Waals surface area contributed by atoms with Crippen LogP contribution in [0.3, 0.4) is 0 Å². The maximum Gasteiger partial charge on any atom is 0.191 e. The second-order valence-electron chi connectivity index (χ2n) is 6.37. The average Bonchev–Trinajstić information content (AvgIpc) is 3.12. The van der Waals surface area contributed by atoms with Crippen LogP contribution in [0.4, 0.5) is 4.39 Å². The normalized spacial score (nSPS) is 11.5. The van der Waals surface area contributed by atoms with Crippen LogP contribution in [0.2, 0.25) is 0 Å². The first-order valence-corrected chi connectivity index (χ1v) is 9.37. The molecule has 6 nitrogen and oxygen atoms in total. The van der Waals surface area contributed by atoms with Crippen LogP contribution in [-0.2, 0) is 13.0 Å². The number of pyridine rings is 1. The van der Waals surface area contributed by atoms with Gasteiger partial charge in [-0.2, -0.15) is 0 Å². The molecule has 3 aromatic rings. The number of aromatic nitrogens is 3. The third kappa shape index (κ3) is 5.39. The standard InChI is InChI=1S/C21H25FN6/c1-3-23-21(25-10-9-17-5-4-6-19(22)13-17)27-15-18-7-8-20(26-14-18)28-12-11-24-16(28)2/h4-8,11-14H,3,9-10,15H2,1-2H3,(H2,23,25,27). The van der Waals surface area contributed by atoms with Gasteiger partial charge in [-0.25, -0.2) is 19.4 Å². The molecule has 2 aromatic heterocycles. The molecule has 0 fully saturated rings. The fraction of sp³-hybridized carbons (Fsp3) is 0.286. The average molecular weight is 380 g/mol. The maximum atomic E-state index is 13.3. The number of nitrogens with zero attached hydrogens (tertiary/aromatic N) is 4. The molecule has 146 valence electrons. The van der Waals surface area contributed by atoms with Gasteiger partial charge in [-0.15, -0.1) is 0 Å². The van der Waals surface area contributed by atoms with Crippen molar-refractivity contribution in [3.8, 4) is 5.82 Å². The summed E-state index contributed by atoms with van der Waals surface area (Å²) in [6, 6.07) is 10.6. The Morgan fingerprint density at radius 1 is 1.14 bits per heavy atom. The van der Waals surface area contributed by atoms with Crippen LogP contribution in [0.25, 0.3) is 5.82 Å². The number of halogens is 1. The van der Waals surface area contributed by atoms with Gasteiger partial charge in [0.25, 0.3) is 0 Å². The highest BCUT2D eigenvalue weighted by atomic mass is 19.1. The van der Waals surface area contributed by atoms with Gasteiger partial charge in [0.15, 0.2) is 5.96 Å². The van der Waals surface area contributed by atoms with E-state index in [0.717, 1.165) is 41.7 Å². The second kappa shape index (κ2) is 9.64. The minimum atomic E-state index is -0.208. The van der Waals surface area contributed by atoms with E-state index in [9.17, 15) is 4.39 Å². The van der Waals surface area contributed by atoms with Crippen molar-refractivity contribution in [1.82, 2.24) is 25.2 Å². The molecule has 0 radical (unpaired) electrons. The van der Waals surface area contributed by atoms with Crippen molar-refractivity contribution in [3.63, 3.8) is 0 Å². The van der Waals surface area contributed by atoms with Crippen LogP contribution in [0.1, 0.15) is 23.9 Å². The number of hydrogen-bond acceptors (Lipinski definition) is 3. The van der Waals surface area contributed by atoms with Crippen LogP contribution in [0, 0.1) is 12.7 Å². The SMILES string of the molecule is CCNC(=NCc1ccc(-n2ccnc2C)nc1)NCCc1cccc(F)c1. The van der Waals surface area contributed by atoms with E-state index in [1.54, 1.807) is 18.3 Å². The number of aryl methyl sites for hydroxylation is 1. The van der Waals surface area contributed by atoms with Crippen molar-refractivity contribution in [3.05, 3.63) is 77.8 Å². The van der Waals surface area contributed by atoms with Crippen LogP contribution < -0.4 is 10.6 Å². The molecule has 0 unspecified atom stereocenters. The predicted molar refractivity (Wildman–Crippen MR) is 109 cm³/mol. The van der Waals surface area contributed by atoms with Crippen LogP contribution in [0.15, 0.2) is 60.0 Å². The zero-order chi connectivity index (χ0) is 19.8. The zero-order valence-electron chi connectivity index (χ0n) is 16.2. The molecule has 0 amide bonds. The van der Waals surface area contributed by atoms with Crippen molar-refractivity contribution in [1.29, 1.82) is 0 Å². The monoisotopic (exact) mass is 380 g/mol. The number of hydrogen-bond donors (Lipinski definition) is 2. The molecule has 0 atom stereocenters. The second-order valence-corrected chi connectivity index (χ2v) is 6.37. The molecule has 2 heterocycles. The molecule has 7 heteroatoms. The van der Waals surface area contributed by atoms with Crippen molar-refractivity contribution in [2.45, 2.75) is 26.8 Å². The third-order valence-electron chi connectivity index (χ3n) is 4.24. The maximum absolute atomic E-state index is 13.3. The van der Waals surface area contributed by atoms with Gasteiger partial charge in [0.1, 0.15) is 17.5 Å². The lowest BCUT2D eigenvalue weighted by Gasteiger charge is -2.11. The van der Waals surface area contributed by atoms with Gasteiger partial charge in [-0.1, -0.05) is 18.2 Å². The Bertz CT molecular complexity index is 917. The summed E-state index contributed by atoms with van der Waals surface area (Å²) in [5.74, 6) is 2.26. The summed E-state index contributed by atoms with van der Waals surface area (Å²) in [6.07, 6.45) is 6.20. The minimum Gasteiger partial charge on any atom is -0.357 e. The molecule has 1 aromatic carbocycles. The highest BCUT2D eigenvalue weighted by Gasteiger charge is 2.03. The van der Waals surface area contributed by atoms with Crippen molar-refractivity contribution in [2.75, 3.05) is 13.1 Å². The first kappa shape index (κ1) is 19.5. The van der Waals surface area contributed by atoms with Gasteiger partial charge in [0, 0.05) is 31.7 Å². The molecule has 0 saturated carbocycles. The number of aliphatic imine (C=N–C) groups is 1. The van der Waals surface area contributed by atoms with Gasteiger partial charge in [0.05, 0.1) is 6.54 Å². The predicted octanol–water partition coefficient (Wildman–Crippen LogP) is 3.01. The molecule has 0 spiro atoms. The van der Waals surface area contributed by atoms with E-state index in [1.807, 2.05) is 49.0 Å². The Hall–Kier alpha value is -3.22. The van der Waals surface area contributed by atoms with E-state index < -0.39 is 0 Å². The van der Waals surface area contributed by atoms with Gasteiger partial charge in [0.2, 0.25) is 0 Å². The van der Waals surface area contributed by atoms with Crippen LogP contribution >= 0.6 is 0 Å². The van der Waals surface area contributed by atoms with Crippen molar-refractivity contribution in [2.24, 2.45) is 4.99 Å². The summed E-state index contributed by atoms with van der Waals surface area (Å²) in [4.78, 5) is 13.3. The van der Waals surface area contributed by atoms with E-state index in [0.29, 0.717) is 13.1 Å². The molecule has 2 N–H and O–H groups in total.